The lowest BCUT2D eigenvalue weighted by Crippen LogP contribution is -2.72. The predicted octanol–water partition coefficient (Wildman–Crippen LogP) is 4.09. The summed E-state index contributed by atoms with van der Waals surface area (Å²) in [5.74, 6) is -1.21. The fourth-order valence-corrected chi connectivity index (χ4v) is 16.8. The first-order chi connectivity index (χ1) is 39.6. The minimum atomic E-state index is -1.64. The average molecular weight is 1200 g/mol. The number of ether oxygens (including phenoxy) is 15. The zero-order valence-corrected chi connectivity index (χ0v) is 52.0. The average Bonchev–Trinajstić information content (AvgIpc) is 1.40. The fraction of sp³-hybridized carbons (Fsp3) is 0.967. The van der Waals surface area contributed by atoms with Crippen molar-refractivity contribution in [3.8, 4) is 0 Å². The number of esters is 2. The van der Waals surface area contributed by atoms with Gasteiger partial charge in [-0.25, -0.2) is 0 Å². The van der Waals surface area contributed by atoms with E-state index >= 15 is 0 Å². The smallest absolute Gasteiger partial charge is 0.309 e. The topological polar surface area (TPSA) is 294 Å². The Morgan fingerprint density at radius 1 is 0.571 bits per heavy atom. The maximum atomic E-state index is 13.1. The first-order valence-corrected chi connectivity index (χ1v) is 31.3. The van der Waals surface area contributed by atoms with Gasteiger partial charge in [-0.2, -0.15) is 0 Å². The highest BCUT2D eigenvalue weighted by atomic mass is 16.8. The second kappa shape index (κ2) is 26.6. The number of hydrogen-bond donors (Lipinski definition) is 6. The van der Waals surface area contributed by atoms with Gasteiger partial charge in [-0.3, -0.25) is 9.59 Å². The molecule has 32 atom stereocenters. The summed E-state index contributed by atoms with van der Waals surface area (Å²) in [4.78, 5) is 25.9. The van der Waals surface area contributed by atoms with Crippen LogP contribution in [0.3, 0.4) is 0 Å². The van der Waals surface area contributed by atoms with E-state index in [-0.39, 0.29) is 73.7 Å². The van der Waals surface area contributed by atoms with E-state index in [1.54, 1.807) is 41.9 Å². The molecule has 0 bridgehead atoms. The normalized spacial score (nSPS) is 51.4. The lowest BCUT2D eigenvalue weighted by atomic mass is 9.42. The van der Waals surface area contributed by atoms with Crippen LogP contribution >= 0.6 is 0 Å². The van der Waals surface area contributed by atoms with Crippen molar-refractivity contribution >= 4 is 11.9 Å². The van der Waals surface area contributed by atoms with E-state index in [0.29, 0.717) is 19.3 Å². The van der Waals surface area contributed by atoms with Gasteiger partial charge in [0.05, 0.1) is 78.0 Å². The van der Waals surface area contributed by atoms with Crippen LogP contribution in [0.2, 0.25) is 0 Å². The third-order valence-electron chi connectivity index (χ3n) is 22.1. The summed E-state index contributed by atoms with van der Waals surface area (Å²) in [6.07, 6.45) is -11.9. The van der Waals surface area contributed by atoms with Crippen molar-refractivity contribution in [1.29, 1.82) is 0 Å². The van der Waals surface area contributed by atoms with E-state index in [0.717, 1.165) is 25.7 Å². The lowest BCUT2D eigenvalue weighted by molar-refractivity contribution is -0.357. The lowest BCUT2D eigenvalue weighted by Gasteiger charge is -2.66. The summed E-state index contributed by atoms with van der Waals surface area (Å²) in [6, 6.07) is 0. The molecule has 5 heterocycles. The first-order valence-electron chi connectivity index (χ1n) is 31.3. The van der Waals surface area contributed by atoms with Gasteiger partial charge in [-0.05, 0) is 122 Å². The van der Waals surface area contributed by atoms with Gasteiger partial charge in [-0.15, -0.1) is 0 Å². The van der Waals surface area contributed by atoms with Gasteiger partial charge in [-0.1, -0.05) is 27.7 Å². The maximum absolute atomic E-state index is 13.1. The molecule has 9 rings (SSSR count). The van der Waals surface area contributed by atoms with E-state index in [2.05, 4.69) is 6.92 Å². The van der Waals surface area contributed by atoms with Crippen molar-refractivity contribution in [3.05, 3.63) is 0 Å². The van der Waals surface area contributed by atoms with Crippen LogP contribution in [-0.2, 0) is 80.6 Å². The third-order valence-corrected chi connectivity index (χ3v) is 22.1. The van der Waals surface area contributed by atoms with E-state index in [9.17, 15) is 40.2 Å². The van der Waals surface area contributed by atoms with Gasteiger partial charge in [0.25, 0.3) is 0 Å². The Balaban J connectivity index is 0.740. The quantitative estimate of drug-likeness (QED) is 0.0832. The van der Waals surface area contributed by atoms with Crippen molar-refractivity contribution in [2.75, 3.05) is 21.3 Å². The highest BCUT2D eigenvalue weighted by molar-refractivity contribution is 5.72. The molecule has 484 valence electrons. The highest BCUT2D eigenvalue weighted by Gasteiger charge is 2.77. The molecular weight excluding hydrogens is 1100 g/mol. The van der Waals surface area contributed by atoms with E-state index in [4.69, 9.17) is 71.1 Å². The molecule has 4 aliphatic carbocycles. The molecule has 0 aromatic rings. The summed E-state index contributed by atoms with van der Waals surface area (Å²) < 4.78 is 92.7. The Hall–Kier alpha value is -1.82. The number of carbonyl (C=O) groups is 2. The van der Waals surface area contributed by atoms with Gasteiger partial charge in [0, 0.05) is 53.9 Å². The first kappa shape index (κ1) is 66.6. The summed E-state index contributed by atoms with van der Waals surface area (Å²) >= 11 is 0. The highest BCUT2D eigenvalue weighted by Crippen LogP contribution is 2.71. The second-order valence-electron chi connectivity index (χ2n) is 26.8. The molecule has 84 heavy (non-hydrogen) atoms. The summed E-state index contributed by atoms with van der Waals surface area (Å²) in [7, 11) is 4.55. The van der Waals surface area contributed by atoms with Gasteiger partial charge in [0.1, 0.15) is 60.5 Å². The molecule has 5 aliphatic heterocycles. The van der Waals surface area contributed by atoms with Crippen LogP contribution in [0.1, 0.15) is 160 Å². The van der Waals surface area contributed by atoms with Crippen molar-refractivity contribution in [3.63, 3.8) is 0 Å². The van der Waals surface area contributed by atoms with Crippen LogP contribution in [0.25, 0.3) is 0 Å². The molecule has 0 aromatic heterocycles. The number of aliphatic hydroxyl groups is 6. The minimum absolute atomic E-state index is 0.0133. The van der Waals surface area contributed by atoms with Crippen LogP contribution in [0.15, 0.2) is 0 Å². The Morgan fingerprint density at radius 3 is 1.62 bits per heavy atom. The SMILES string of the molecule is CC[C@@H](C)C(=O)O[C@@H](C)[C@]1(O)CC[C@]2(O)[C@@H]3CC[C@H]4C[C@@H](O[C@@H]5C[C@H](O)[C@H](O[C@H]6C[C@H](O)[C@H](O[C@H]7C[C@@H](OC)[C@H](O[C@H]8C[C@@H](OC)[C@H](O[C@@H]9O[C@H](C)[C@@H](O)[C@H](OC)[C@H]9O)[C@@H](C)O8)[C@@H](C)O7)[C@@H](C)O6)[C@@H](C)O5)CC[C@]4(C)[C@H]3C[C@@H](OC(C)=O)[C@]12C. The molecule has 6 N–H and O–H groups in total. The number of carbonyl (C=O) groups excluding carboxylic acids is 2. The van der Waals surface area contributed by atoms with E-state index in [1.165, 1.54) is 14.0 Å². The molecule has 23 nitrogen and oxygen atoms in total. The molecule has 0 radical (unpaired) electrons. The maximum Gasteiger partial charge on any atom is 0.309 e. The Labute approximate surface area is 495 Å². The fourth-order valence-electron chi connectivity index (χ4n) is 16.8. The minimum Gasteiger partial charge on any atom is -0.462 e. The third kappa shape index (κ3) is 12.5. The van der Waals surface area contributed by atoms with E-state index in [1.807, 2.05) is 34.6 Å². The van der Waals surface area contributed by atoms with Crippen molar-refractivity contribution in [2.45, 2.75) is 318 Å². The second-order valence-corrected chi connectivity index (χ2v) is 26.8. The molecule has 23 heteroatoms. The Morgan fingerprint density at radius 2 is 1.10 bits per heavy atom. The molecule has 0 unspecified atom stereocenters. The van der Waals surface area contributed by atoms with Gasteiger partial charge in [0.2, 0.25) is 0 Å². The summed E-state index contributed by atoms with van der Waals surface area (Å²) in [5.41, 5.74) is -4.54. The largest absolute Gasteiger partial charge is 0.462 e. The molecule has 9 aliphatic rings. The van der Waals surface area contributed by atoms with Crippen LogP contribution in [0, 0.1) is 34.5 Å². The van der Waals surface area contributed by atoms with Crippen molar-refractivity contribution < 1.29 is 111 Å². The molecule has 5 saturated heterocycles. The Bertz CT molecular complexity index is 2170. The van der Waals surface area contributed by atoms with Crippen LogP contribution in [-0.4, -0.2) is 223 Å². The van der Waals surface area contributed by atoms with Crippen molar-refractivity contribution in [2.24, 2.45) is 34.5 Å². The number of fused-ring (bicyclic) bond motifs is 5. The zero-order valence-electron chi connectivity index (χ0n) is 52.0. The number of hydrogen-bond acceptors (Lipinski definition) is 23. The standard InChI is InChI=1S/C61H102O23/c1-15-28(2)56(67)78-34(8)60(68)20-21-61(69)38-17-16-36-22-37(18-19-58(36,10)39(38)23-44(59(60,61)11)79-35(9)62)80-45-24-40(63)51(30(4)73-45)81-46-25-41(64)52(31(5)74-46)82-47-26-42(70-12)53(32(6)75-47)83-48-27-43(71-13)54(33(7)76-48)84-57-50(66)55(72-14)49(65)29(3)77-57/h28-34,36-55,57,63-66,68-69H,15-27H2,1-14H3/t28-,29-,30-,31-,32-,33-,34+,36+,37+,38-,39+,40+,41+,42-,43-,44-,45-,46+,47+,48+,49-,50-,51-,52-,53-,54-,55+,57+,58+,59-,60-,61+/m1/s1. The van der Waals surface area contributed by atoms with Gasteiger partial charge < -0.3 is 102 Å². The van der Waals surface area contributed by atoms with Gasteiger partial charge >= 0.3 is 11.9 Å². The molecule has 9 fully saturated rings. The number of aliphatic hydroxyl groups excluding tert-OH is 4. The molecule has 4 saturated carbocycles. The molecule has 0 aromatic carbocycles. The summed E-state index contributed by atoms with van der Waals surface area (Å²) in [5, 5.41) is 70.3. The van der Waals surface area contributed by atoms with Crippen molar-refractivity contribution in [1.82, 2.24) is 0 Å². The molecule has 0 spiro atoms. The summed E-state index contributed by atoms with van der Waals surface area (Å²) in [6.45, 7) is 19.8. The monoisotopic (exact) mass is 1200 g/mol. The Kier molecular flexibility index (Phi) is 21.1. The molecular formula is C61H102O23. The molecule has 0 amide bonds. The predicted molar refractivity (Wildman–Crippen MR) is 295 cm³/mol. The van der Waals surface area contributed by atoms with E-state index < -0.39 is 170 Å². The van der Waals surface area contributed by atoms with Crippen LogP contribution in [0.4, 0.5) is 0 Å². The van der Waals surface area contributed by atoms with Crippen LogP contribution < -0.4 is 0 Å². The van der Waals surface area contributed by atoms with Gasteiger partial charge in [0.15, 0.2) is 31.5 Å². The number of methoxy groups -OCH3 is 3. The number of rotatable bonds is 18. The zero-order chi connectivity index (χ0) is 61.1. The van der Waals surface area contributed by atoms with Crippen LogP contribution in [0.5, 0.6) is 0 Å².